The summed E-state index contributed by atoms with van der Waals surface area (Å²) in [5.74, 6) is 5.66. The number of hydrazine groups is 1. The van der Waals surface area contributed by atoms with Crippen LogP contribution in [0.5, 0.6) is 6.01 Å². The molecule has 0 aliphatic heterocycles. The molecule has 1 aromatic carbocycles. The van der Waals surface area contributed by atoms with E-state index in [4.69, 9.17) is 10.6 Å². The van der Waals surface area contributed by atoms with E-state index in [-0.39, 0.29) is 18.1 Å². The van der Waals surface area contributed by atoms with Crippen LogP contribution < -0.4 is 16.0 Å². The van der Waals surface area contributed by atoms with Crippen molar-refractivity contribution in [3.63, 3.8) is 0 Å². The van der Waals surface area contributed by atoms with Crippen LogP contribution in [0.3, 0.4) is 0 Å². The minimum Gasteiger partial charge on any atom is -0.461 e. The predicted molar refractivity (Wildman–Crippen MR) is 78.7 cm³/mol. The molecular weight excluding hydrogens is 274 g/mol. The number of nitrogen functional groups attached to an aromatic ring is 1. The number of rotatable bonds is 5. The molecule has 0 bridgehead atoms. The number of anilines is 1. The Kier molecular flexibility index (Phi) is 4.75. The number of benzene rings is 1. The van der Waals surface area contributed by atoms with Gasteiger partial charge in [0.1, 0.15) is 0 Å². The van der Waals surface area contributed by atoms with Gasteiger partial charge in [-0.1, -0.05) is 18.2 Å². The van der Waals surface area contributed by atoms with Gasteiger partial charge < -0.3 is 4.74 Å². The molecule has 7 heteroatoms. The van der Waals surface area contributed by atoms with Crippen LogP contribution in [0.2, 0.25) is 0 Å². The quantitative estimate of drug-likeness (QED) is 0.646. The SMILES string of the molecule is Cc1ccccc1Sc1nc(NN)nc(OC(C)C)n1. The Balaban J connectivity index is 2.29. The number of nitrogens with zero attached hydrogens (tertiary/aromatic N) is 3. The van der Waals surface area contributed by atoms with E-state index >= 15 is 0 Å². The molecule has 2 aromatic rings. The molecule has 0 atom stereocenters. The van der Waals surface area contributed by atoms with Crippen molar-refractivity contribution in [1.82, 2.24) is 15.0 Å². The number of aromatic nitrogens is 3. The Morgan fingerprint density at radius 2 is 1.95 bits per heavy atom. The fraction of sp³-hybridized carbons (Fsp3) is 0.308. The van der Waals surface area contributed by atoms with Gasteiger partial charge in [0.15, 0.2) is 0 Å². The Bertz CT molecular complexity index is 591. The molecule has 0 radical (unpaired) electrons. The third kappa shape index (κ3) is 3.82. The van der Waals surface area contributed by atoms with E-state index in [1.165, 1.54) is 11.8 Å². The topological polar surface area (TPSA) is 86.0 Å². The van der Waals surface area contributed by atoms with Crippen LogP contribution in [0, 0.1) is 6.92 Å². The Labute approximate surface area is 122 Å². The lowest BCUT2D eigenvalue weighted by atomic mass is 10.2. The third-order valence-electron chi connectivity index (χ3n) is 2.36. The first-order valence-corrected chi connectivity index (χ1v) is 7.03. The Hall–Kier alpha value is -1.86. The fourth-order valence-electron chi connectivity index (χ4n) is 1.48. The third-order valence-corrected chi connectivity index (χ3v) is 3.40. The summed E-state index contributed by atoms with van der Waals surface area (Å²) in [6, 6.07) is 8.29. The highest BCUT2D eigenvalue weighted by Crippen LogP contribution is 2.28. The highest BCUT2D eigenvalue weighted by Gasteiger charge is 2.10. The van der Waals surface area contributed by atoms with Crippen molar-refractivity contribution in [3.05, 3.63) is 29.8 Å². The maximum absolute atomic E-state index is 5.49. The molecule has 0 amide bonds. The number of nitrogens with two attached hydrogens (primary N) is 1. The van der Waals surface area contributed by atoms with Crippen LogP contribution in [-0.2, 0) is 0 Å². The van der Waals surface area contributed by atoms with Crippen LogP contribution in [0.4, 0.5) is 5.95 Å². The van der Waals surface area contributed by atoms with Crippen molar-refractivity contribution >= 4 is 17.7 Å². The molecular formula is C13H17N5OS. The predicted octanol–water partition coefficient (Wildman–Crippen LogP) is 2.40. The van der Waals surface area contributed by atoms with Crippen molar-refractivity contribution in [3.8, 4) is 6.01 Å². The molecule has 0 unspecified atom stereocenters. The molecule has 0 aliphatic rings. The van der Waals surface area contributed by atoms with Crippen LogP contribution in [0.1, 0.15) is 19.4 Å². The van der Waals surface area contributed by atoms with E-state index in [9.17, 15) is 0 Å². The van der Waals surface area contributed by atoms with Crippen LogP contribution >= 0.6 is 11.8 Å². The first-order chi connectivity index (χ1) is 9.58. The van der Waals surface area contributed by atoms with E-state index < -0.39 is 0 Å². The van der Waals surface area contributed by atoms with Gasteiger partial charge in [-0.15, -0.1) is 0 Å². The van der Waals surface area contributed by atoms with Crippen LogP contribution in [-0.4, -0.2) is 21.1 Å². The van der Waals surface area contributed by atoms with Crippen LogP contribution in [0.15, 0.2) is 34.3 Å². The molecule has 0 fully saturated rings. The Morgan fingerprint density at radius 3 is 2.60 bits per heavy atom. The molecule has 0 spiro atoms. The number of hydrogen-bond acceptors (Lipinski definition) is 7. The van der Waals surface area contributed by atoms with Gasteiger partial charge in [-0.3, -0.25) is 5.43 Å². The fourth-order valence-corrected chi connectivity index (χ4v) is 2.31. The first kappa shape index (κ1) is 14.5. The molecule has 6 nitrogen and oxygen atoms in total. The van der Waals surface area contributed by atoms with Gasteiger partial charge in [-0.2, -0.15) is 15.0 Å². The van der Waals surface area contributed by atoms with Gasteiger partial charge in [-0.25, -0.2) is 5.84 Å². The van der Waals surface area contributed by atoms with Crippen molar-refractivity contribution in [1.29, 1.82) is 0 Å². The summed E-state index contributed by atoms with van der Waals surface area (Å²) in [6.07, 6.45) is -0.0145. The minimum atomic E-state index is -0.0145. The summed E-state index contributed by atoms with van der Waals surface area (Å²) in [4.78, 5) is 13.6. The van der Waals surface area contributed by atoms with E-state index in [1.807, 2.05) is 45.0 Å². The molecule has 0 aliphatic carbocycles. The molecule has 1 aromatic heterocycles. The zero-order valence-electron chi connectivity index (χ0n) is 11.6. The second-order valence-electron chi connectivity index (χ2n) is 4.40. The lowest BCUT2D eigenvalue weighted by Crippen LogP contribution is -2.14. The molecule has 2 rings (SSSR count). The monoisotopic (exact) mass is 291 g/mol. The smallest absolute Gasteiger partial charge is 0.322 e. The molecule has 20 heavy (non-hydrogen) atoms. The average Bonchev–Trinajstić information content (AvgIpc) is 2.40. The summed E-state index contributed by atoms with van der Waals surface area (Å²) in [7, 11) is 0. The highest BCUT2D eigenvalue weighted by molar-refractivity contribution is 7.99. The lowest BCUT2D eigenvalue weighted by molar-refractivity contribution is 0.219. The van der Waals surface area contributed by atoms with Gasteiger partial charge in [0.25, 0.3) is 0 Å². The average molecular weight is 291 g/mol. The molecule has 0 saturated heterocycles. The standard InChI is InChI=1S/C13H17N5OS/c1-8(2)19-12-15-11(18-14)16-13(17-12)20-10-7-5-4-6-9(10)3/h4-8H,14H2,1-3H3,(H,15,16,17,18). The lowest BCUT2D eigenvalue weighted by Gasteiger charge is -2.10. The molecule has 1 heterocycles. The van der Waals surface area contributed by atoms with Crippen molar-refractivity contribution in [2.24, 2.45) is 5.84 Å². The first-order valence-electron chi connectivity index (χ1n) is 6.21. The number of hydrogen-bond donors (Lipinski definition) is 2. The normalized spacial score (nSPS) is 10.7. The molecule has 106 valence electrons. The highest BCUT2D eigenvalue weighted by atomic mass is 32.2. The molecule has 0 saturated carbocycles. The zero-order chi connectivity index (χ0) is 14.5. The minimum absolute atomic E-state index is 0.0145. The summed E-state index contributed by atoms with van der Waals surface area (Å²) in [6.45, 7) is 5.86. The largest absolute Gasteiger partial charge is 0.461 e. The van der Waals surface area contributed by atoms with E-state index in [0.29, 0.717) is 5.16 Å². The van der Waals surface area contributed by atoms with Crippen molar-refractivity contribution < 1.29 is 4.74 Å². The number of nitrogens with one attached hydrogen (secondary N) is 1. The summed E-state index contributed by atoms with van der Waals surface area (Å²) >= 11 is 1.45. The maximum Gasteiger partial charge on any atom is 0.322 e. The van der Waals surface area contributed by atoms with Crippen LogP contribution in [0.25, 0.3) is 0 Å². The van der Waals surface area contributed by atoms with Gasteiger partial charge in [-0.05, 0) is 44.2 Å². The van der Waals surface area contributed by atoms with Crippen molar-refractivity contribution in [2.45, 2.75) is 36.9 Å². The van der Waals surface area contributed by atoms with E-state index in [0.717, 1.165) is 10.5 Å². The summed E-state index contributed by atoms with van der Waals surface area (Å²) in [5.41, 5.74) is 3.58. The number of ether oxygens (including phenoxy) is 1. The molecule has 3 N–H and O–H groups in total. The Morgan fingerprint density at radius 1 is 1.20 bits per heavy atom. The van der Waals surface area contributed by atoms with Gasteiger partial charge in [0, 0.05) is 4.90 Å². The van der Waals surface area contributed by atoms with Gasteiger partial charge >= 0.3 is 6.01 Å². The summed E-state index contributed by atoms with van der Waals surface area (Å²) in [5, 5.41) is 0.540. The van der Waals surface area contributed by atoms with Gasteiger partial charge in [0.2, 0.25) is 11.1 Å². The maximum atomic E-state index is 5.49. The number of aryl methyl sites for hydroxylation is 1. The second-order valence-corrected chi connectivity index (χ2v) is 5.41. The van der Waals surface area contributed by atoms with Crippen molar-refractivity contribution in [2.75, 3.05) is 5.43 Å². The van der Waals surface area contributed by atoms with E-state index in [2.05, 4.69) is 20.4 Å². The summed E-state index contributed by atoms with van der Waals surface area (Å²) < 4.78 is 5.49. The van der Waals surface area contributed by atoms with Gasteiger partial charge in [0.05, 0.1) is 6.10 Å². The zero-order valence-corrected chi connectivity index (χ0v) is 12.4. The second kappa shape index (κ2) is 6.53. The van der Waals surface area contributed by atoms with E-state index in [1.54, 1.807) is 0 Å².